The summed E-state index contributed by atoms with van der Waals surface area (Å²) in [7, 11) is 0. The van der Waals surface area contributed by atoms with Gasteiger partial charge < -0.3 is 19.7 Å². The third-order valence-corrected chi connectivity index (χ3v) is 8.44. The van der Waals surface area contributed by atoms with E-state index in [0.29, 0.717) is 26.1 Å². The molecule has 5 atom stereocenters. The molecule has 3 amide bonds. The molecule has 6 rings (SSSR count). The van der Waals surface area contributed by atoms with Gasteiger partial charge in [0.1, 0.15) is 11.7 Å². The topological polar surface area (TPSA) is 112 Å². The molecule has 2 saturated heterocycles. The van der Waals surface area contributed by atoms with E-state index in [1.54, 1.807) is 9.80 Å². The molecule has 2 aromatic rings. The molecule has 202 valence electrons. The summed E-state index contributed by atoms with van der Waals surface area (Å²) in [5.41, 5.74) is 3.85. The zero-order valence-corrected chi connectivity index (χ0v) is 22.6. The summed E-state index contributed by atoms with van der Waals surface area (Å²) in [6.45, 7) is 8.36. The number of carbonyl (C=O) groups excluding carboxylic acids is 3. The van der Waals surface area contributed by atoms with Crippen molar-refractivity contribution in [2.24, 2.45) is 11.8 Å². The van der Waals surface area contributed by atoms with E-state index in [0.717, 1.165) is 27.9 Å². The number of anilines is 1. The monoisotopic (exact) mass is 528 g/mol. The first kappa shape index (κ1) is 25.2. The van der Waals surface area contributed by atoms with Gasteiger partial charge in [0.15, 0.2) is 0 Å². The largest absolute Gasteiger partial charge is 0.444 e. The van der Waals surface area contributed by atoms with E-state index in [-0.39, 0.29) is 42.1 Å². The van der Waals surface area contributed by atoms with Crippen molar-refractivity contribution in [3.05, 3.63) is 53.6 Å². The van der Waals surface area contributed by atoms with Gasteiger partial charge in [0.2, 0.25) is 5.91 Å². The highest BCUT2D eigenvalue weighted by atomic mass is 16.6. The fourth-order valence-corrected chi connectivity index (χ4v) is 6.58. The highest BCUT2D eigenvalue weighted by Crippen LogP contribution is 2.63. The van der Waals surface area contributed by atoms with Gasteiger partial charge in [0.25, 0.3) is 0 Å². The summed E-state index contributed by atoms with van der Waals surface area (Å²) in [6.07, 6.45) is -0.424. The number of nitrogens with one attached hydrogen (secondary N) is 1. The number of benzene rings is 2. The van der Waals surface area contributed by atoms with Crippen LogP contribution in [0.1, 0.15) is 38.8 Å². The van der Waals surface area contributed by atoms with Gasteiger partial charge in [-0.2, -0.15) is 5.26 Å². The number of rotatable bonds is 4. The maximum absolute atomic E-state index is 12.5. The summed E-state index contributed by atoms with van der Waals surface area (Å²) in [5, 5.41) is 12.9. The molecule has 9 nitrogen and oxygen atoms in total. The Hall–Kier alpha value is -4.06. The molecule has 0 aromatic heterocycles. The van der Waals surface area contributed by atoms with Crippen LogP contribution in [0.3, 0.4) is 0 Å². The van der Waals surface area contributed by atoms with Crippen molar-refractivity contribution in [2.45, 2.75) is 57.3 Å². The summed E-state index contributed by atoms with van der Waals surface area (Å²) in [5.74, 6) is 0.0677. The SMILES string of the molecule is CC(=O)NC[C@@H]1OC(=O)N2c3ccc(-c4ccc(C5(C#N)[C@@H]6CN(C(=O)OC(C)(C)C)C[C@@H]65)cc4)cc3C[C@@H]12. The van der Waals surface area contributed by atoms with Crippen molar-refractivity contribution in [3.8, 4) is 17.2 Å². The van der Waals surface area contributed by atoms with Gasteiger partial charge in [-0.05, 0) is 61.6 Å². The number of cyclic esters (lactones) is 1. The van der Waals surface area contributed by atoms with Crippen molar-refractivity contribution < 1.29 is 23.9 Å². The molecule has 3 aliphatic heterocycles. The maximum Gasteiger partial charge on any atom is 0.415 e. The predicted molar refractivity (Wildman–Crippen MR) is 143 cm³/mol. The molecule has 0 spiro atoms. The van der Waals surface area contributed by atoms with Crippen LogP contribution in [0.15, 0.2) is 42.5 Å². The van der Waals surface area contributed by atoms with Crippen LogP contribution >= 0.6 is 0 Å². The van der Waals surface area contributed by atoms with Gasteiger partial charge in [-0.25, -0.2) is 9.59 Å². The molecular weight excluding hydrogens is 496 g/mol. The fourth-order valence-electron chi connectivity index (χ4n) is 6.58. The van der Waals surface area contributed by atoms with Gasteiger partial charge in [0, 0.05) is 31.8 Å². The Morgan fingerprint density at radius 1 is 1.13 bits per heavy atom. The number of nitriles is 1. The zero-order chi connectivity index (χ0) is 27.7. The average molecular weight is 529 g/mol. The quantitative estimate of drug-likeness (QED) is 0.642. The zero-order valence-electron chi connectivity index (χ0n) is 22.6. The summed E-state index contributed by atoms with van der Waals surface area (Å²) in [4.78, 5) is 39.8. The Balaban J connectivity index is 1.16. The number of fused-ring (bicyclic) bond motifs is 4. The number of hydrogen-bond donors (Lipinski definition) is 1. The second-order valence-electron chi connectivity index (χ2n) is 12.0. The Morgan fingerprint density at radius 3 is 2.41 bits per heavy atom. The molecule has 39 heavy (non-hydrogen) atoms. The molecule has 0 radical (unpaired) electrons. The van der Waals surface area contributed by atoms with E-state index < -0.39 is 11.0 Å². The van der Waals surface area contributed by atoms with Crippen LogP contribution < -0.4 is 10.2 Å². The lowest BCUT2D eigenvalue weighted by Gasteiger charge is -2.27. The second kappa shape index (κ2) is 8.73. The minimum absolute atomic E-state index is 0.111. The number of nitrogens with zero attached hydrogens (tertiary/aromatic N) is 3. The van der Waals surface area contributed by atoms with Crippen LogP contribution in [0.25, 0.3) is 11.1 Å². The lowest BCUT2D eigenvalue weighted by molar-refractivity contribution is -0.119. The molecular formula is C30H32N4O5. The summed E-state index contributed by atoms with van der Waals surface area (Å²) in [6, 6.07) is 16.6. The number of likely N-dealkylation sites (tertiary alicyclic amines) is 1. The summed E-state index contributed by atoms with van der Waals surface area (Å²) < 4.78 is 11.0. The number of ether oxygens (including phenoxy) is 2. The number of hydrogen-bond acceptors (Lipinski definition) is 6. The van der Waals surface area contributed by atoms with Gasteiger partial charge >= 0.3 is 12.2 Å². The smallest absolute Gasteiger partial charge is 0.415 e. The lowest BCUT2D eigenvalue weighted by Crippen LogP contribution is -2.40. The number of piperidine rings is 1. The van der Waals surface area contributed by atoms with E-state index in [1.165, 1.54) is 6.92 Å². The third kappa shape index (κ3) is 4.10. The molecule has 0 bridgehead atoms. The molecule has 2 aromatic carbocycles. The molecule has 1 aliphatic carbocycles. The molecule has 9 heteroatoms. The Labute approximate surface area is 227 Å². The number of amides is 3. The van der Waals surface area contributed by atoms with Crippen molar-refractivity contribution in [1.82, 2.24) is 10.2 Å². The first-order valence-corrected chi connectivity index (χ1v) is 13.4. The van der Waals surface area contributed by atoms with Crippen LogP contribution in [0.5, 0.6) is 0 Å². The van der Waals surface area contributed by atoms with Gasteiger partial charge in [-0.3, -0.25) is 9.69 Å². The Kier molecular flexibility index (Phi) is 5.65. The molecule has 1 saturated carbocycles. The van der Waals surface area contributed by atoms with E-state index in [2.05, 4.69) is 17.5 Å². The van der Waals surface area contributed by atoms with Crippen molar-refractivity contribution in [1.29, 1.82) is 5.26 Å². The minimum atomic E-state index is -0.566. The van der Waals surface area contributed by atoms with E-state index in [4.69, 9.17) is 9.47 Å². The molecule has 4 aliphatic rings. The molecule has 1 unspecified atom stereocenters. The normalized spacial score (nSPS) is 28.2. The molecule has 3 heterocycles. The molecule has 3 fully saturated rings. The Bertz CT molecular complexity index is 1390. The van der Waals surface area contributed by atoms with E-state index in [1.807, 2.05) is 57.2 Å². The first-order chi connectivity index (χ1) is 18.5. The fraction of sp³-hybridized carbons (Fsp3) is 0.467. The van der Waals surface area contributed by atoms with Crippen molar-refractivity contribution in [2.75, 3.05) is 24.5 Å². The summed E-state index contributed by atoms with van der Waals surface area (Å²) >= 11 is 0. The predicted octanol–water partition coefficient (Wildman–Crippen LogP) is 4.00. The van der Waals surface area contributed by atoms with Gasteiger partial charge in [0.05, 0.1) is 29.8 Å². The second-order valence-corrected chi connectivity index (χ2v) is 12.0. The van der Waals surface area contributed by atoms with Crippen LogP contribution in [-0.4, -0.2) is 60.4 Å². The Morgan fingerprint density at radius 2 is 1.79 bits per heavy atom. The highest BCUT2D eigenvalue weighted by Gasteiger charge is 2.70. The van der Waals surface area contributed by atoms with Crippen molar-refractivity contribution >= 4 is 23.8 Å². The average Bonchev–Trinajstić information content (AvgIpc) is 3.25. The van der Waals surface area contributed by atoms with Crippen LogP contribution in [0, 0.1) is 23.2 Å². The van der Waals surface area contributed by atoms with Gasteiger partial charge in [-0.1, -0.05) is 30.3 Å². The standard InChI is InChI=1S/C30H32N4O5/c1-17(35)32-13-26-25-12-20-11-19(7-10-24(20)34(25)28(37)38-26)18-5-8-21(9-6-18)30(16-31)22-14-33(15-23(22)30)27(36)39-29(2,3)4/h5-11,22-23,25-26H,12-15H2,1-4H3,(H,32,35)/t22-,23+,25-,26-,30?/m0/s1. The van der Waals surface area contributed by atoms with E-state index >= 15 is 0 Å². The van der Waals surface area contributed by atoms with Crippen molar-refractivity contribution in [3.63, 3.8) is 0 Å². The third-order valence-electron chi connectivity index (χ3n) is 8.44. The molecule has 1 N–H and O–H groups in total. The highest BCUT2D eigenvalue weighted by molar-refractivity contribution is 5.94. The van der Waals surface area contributed by atoms with E-state index in [9.17, 15) is 19.6 Å². The number of carbonyl (C=O) groups is 3. The van der Waals surface area contributed by atoms with Crippen LogP contribution in [0.4, 0.5) is 15.3 Å². The van der Waals surface area contributed by atoms with Crippen LogP contribution in [0.2, 0.25) is 0 Å². The minimum Gasteiger partial charge on any atom is -0.444 e. The first-order valence-electron chi connectivity index (χ1n) is 13.4. The lowest BCUT2D eigenvalue weighted by atomic mass is 9.90. The van der Waals surface area contributed by atoms with Crippen LogP contribution in [-0.2, 0) is 26.1 Å². The maximum atomic E-state index is 12.5. The van der Waals surface area contributed by atoms with Gasteiger partial charge in [-0.15, -0.1) is 0 Å².